The zero-order chi connectivity index (χ0) is 17.2. The number of carbonyl (C=O) groups excluding carboxylic acids is 1. The summed E-state index contributed by atoms with van der Waals surface area (Å²) < 4.78 is 0. The van der Waals surface area contributed by atoms with E-state index in [1.807, 2.05) is 48.5 Å². The summed E-state index contributed by atoms with van der Waals surface area (Å²) in [5, 5.41) is 6.12. The molecule has 0 spiro atoms. The minimum atomic E-state index is -0.491. The van der Waals surface area contributed by atoms with Gasteiger partial charge in [0, 0.05) is 5.92 Å². The molecule has 2 atom stereocenters. The Kier molecular flexibility index (Phi) is 4.10. The van der Waals surface area contributed by atoms with Crippen molar-refractivity contribution >= 4 is 17.8 Å². The molecular weight excluding hydrogens is 310 g/mol. The van der Waals surface area contributed by atoms with E-state index in [0.29, 0.717) is 0 Å². The fourth-order valence-electron chi connectivity index (χ4n) is 3.92. The number of nitrogens with two attached hydrogens (primary N) is 1. The van der Waals surface area contributed by atoms with Gasteiger partial charge in [0.1, 0.15) is 0 Å². The van der Waals surface area contributed by atoms with Crippen LogP contribution < -0.4 is 5.73 Å². The van der Waals surface area contributed by atoms with Crippen molar-refractivity contribution in [3.8, 4) is 0 Å². The first-order valence-corrected chi connectivity index (χ1v) is 8.72. The Morgan fingerprint density at radius 3 is 2.44 bits per heavy atom. The third kappa shape index (κ3) is 2.95. The first kappa shape index (κ1) is 15.6. The number of hydrazone groups is 1. The van der Waals surface area contributed by atoms with Crippen LogP contribution in [0.5, 0.6) is 0 Å². The SMILES string of the molecule is NC(=O)N1N=C2/C(=C\c3ccccc3)CCCC2C1c1ccccc1. The highest BCUT2D eigenvalue weighted by Crippen LogP contribution is 2.44. The number of hydrogen-bond donors (Lipinski definition) is 1. The number of carbonyl (C=O) groups is 1. The number of rotatable bonds is 2. The summed E-state index contributed by atoms with van der Waals surface area (Å²) in [7, 11) is 0. The maximum Gasteiger partial charge on any atom is 0.335 e. The van der Waals surface area contributed by atoms with Crippen molar-refractivity contribution in [2.75, 3.05) is 0 Å². The van der Waals surface area contributed by atoms with Crippen molar-refractivity contribution in [2.45, 2.75) is 25.3 Å². The molecule has 1 saturated carbocycles. The summed E-state index contributed by atoms with van der Waals surface area (Å²) in [6.45, 7) is 0. The van der Waals surface area contributed by atoms with E-state index in [4.69, 9.17) is 5.73 Å². The van der Waals surface area contributed by atoms with Gasteiger partial charge in [-0.2, -0.15) is 5.10 Å². The number of benzene rings is 2. The average Bonchev–Trinajstić information content (AvgIpc) is 3.04. The molecule has 2 amide bonds. The van der Waals surface area contributed by atoms with Crippen molar-refractivity contribution in [3.05, 3.63) is 77.4 Å². The van der Waals surface area contributed by atoms with Gasteiger partial charge < -0.3 is 5.73 Å². The summed E-state index contributed by atoms with van der Waals surface area (Å²) in [6, 6.07) is 19.7. The first-order valence-electron chi connectivity index (χ1n) is 8.72. The molecule has 0 bridgehead atoms. The molecule has 25 heavy (non-hydrogen) atoms. The minimum absolute atomic E-state index is 0.104. The standard InChI is InChI=1S/C21H21N3O/c22-21(25)24-20(16-10-5-2-6-11-16)18-13-7-12-17(19(18)23-24)14-15-8-3-1-4-9-15/h1-6,8-11,14,18,20H,7,12-13H2,(H2,22,25)/b17-14-. The van der Waals surface area contributed by atoms with Crippen LogP contribution in [-0.2, 0) is 0 Å². The zero-order valence-electron chi connectivity index (χ0n) is 14.0. The van der Waals surface area contributed by atoms with E-state index < -0.39 is 6.03 Å². The minimum Gasteiger partial charge on any atom is -0.350 e. The molecular formula is C21H21N3O. The van der Waals surface area contributed by atoms with E-state index in [1.165, 1.54) is 10.6 Å². The smallest absolute Gasteiger partial charge is 0.335 e. The Morgan fingerprint density at radius 2 is 1.76 bits per heavy atom. The van der Waals surface area contributed by atoms with Gasteiger partial charge in [0.2, 0.25) is 0 Å². The van der Waals surface area contributed by atoms with E-state index in [2.05, 4.69) is 23.3 Å². The van der Waals surface area contributed by atoms with E-state index in [9.17, 15) is 4.79 Å². The quantitative estimate of drug-likeness (QED) is 0.873. The average molecular weight is 331 g/mol. The number of nitrogens with zero attached hydrogens (tertiary/aromatic N) is 2. The van der Waals surface area contributed by atoms with Crippen LogP contribution in [0.4, 0.5) is 4.79 Å². The fourth-order valence-corrected chi connectivity index (χ4v) is 3.92. The Bertz CT molecular complexity index is 827. The molecule has 0 radical (unpaired) electrons. The van der Waals surface area contributed by atoms with Crippen LogP contribution in [0.1, 0.15) is 36.4 Å². The van der Waals surface area contributed by atoms with Crippen molar-refractivity contribution in [1.29, 1.82) is 0 Å². The summed E-state index contributed by atoms with van der Waals surface area (Å²) in [5.41, 5.74) is 10.1. The van der Waals surface area contributed by atoms with Crippen LogP contribution in [0.25, 0.3) is 6.08 Å². The lowest BCUT2D eigenvalue weighted by Crippen LogP contribution is -2.35. The summed E-state index contributed by atoms with van der Waals surface area (Å²) in [4.78, 5) is 12.0. The Hall–Kier alpha value is -2.88. The van der Waals surface area contributed by atoms with Gasteiger partial charge in [-0.3, -0.25) is 0 Å². The van der Waals surface area contributed by atoms with Crippen molar-refractivity contribution in [2.24, 2.45) is 16.8 Å². The molecule has 1 aliphatic carbocycles. The van der Waals surface area contributed by atoms with Crippen LogP contribution in [0.3, 0.4) is 0 Å². The van der Waals surface area contributed by atoms with E-state index >= 15 is 0 Å². The molecule has 1 fully saturated rings. The summed E-state index contributed by atoms with van der Waals surface area (Å²) in [6.07, 6.45) is 5.29. The van der Waals surface area contributed by atoms with Gasteiger partial charge in [-0.05, 0) is 42.0 Å². The molecule has 2 N–H and O–H groups in total. The molecule has 4 heteroatoms. The van der Waals surface area contributed by atoms with Crippen LogP contribution in [0.2, 0.25) is 0 Å². The molecule has 1 heterocycles. The van der Waals surface area contributed by atoms with Crippen molar-refractivity contribution in [1.82, 2.24) is 5.01 Å². The van der Waals surface area contributed by atoms with Crippen molar-refractivity contribution < 1.29 is 4.79 Å². The van der Waals surface area contributed by atoms with Gasteiger partial charge in [-0.15, -0.1) is 0 Å². The topological polar surface area (TPSA) is 58.7 Å². The zero-order valence-corrected chi connectivity index (χ0v) is 14.0. The number of allylic oxidation sites excluding steroid dienone is 1. The van der Waals surface area contributed by atoms with E-state index in [0.717, 1.165) is 36.1 Å². The lowest BCUT2D eigenvalue weighted by Gasteiger charge is -2.28. The van der Waals surface area contributed by atoms with E-state index in [1.54, 1.807) is 0 Å². The van der Waals surface area contributed by atoms with Gasteiger partial charge in [-0.25, -0.2) is 9.80 Å². The largest absolute Gasteiger partial charge is 0.350 e. The lowest BCUT2D eigenvalue weighted by atomic mass is 9.77. The maximum atomic E-state index is 12.0. The monoisotopic (exact) mass is 331 g/mol. The summed E-state index contributed by atoms with van der Waals surface area (Å²) >= 11 is 0. The molecule has 2 unspecified atom stereocenters. The first-order chi connectivity index (χ1) is 12.2. The molecule has 2 aromatic rings. The Balaban J connectivity index is 1.74. The molecule has 4 nitrogen and oxygen atoms in total. The predicted octanol–water partition coefficient (Wildman–Crippen LogP) is 4.36. The second-order valence-corrected chi connectivity index (χ2v) is 6.60. The predicted molar refractivity (Wildman–Crippen MR) is 99.8 cm³/mol. The molecule has 4 rings (SSSR count). The van der Waals surface area contributed by atoms with Gasteiger partial charge >= 0.3 is 6.03 Å². The molecule has 0 saturated heterocycles. The van der Waals surface area contributed by atoms with E-state index in [-0.39, 0.29) is 12.0 Å². The van der Waals surface area contributed by atoms with Gasteiger partial charge in [0.25, 0.3) is 0 Å². The van der Waals surface area contributed by atoms with Gasteiger partial charge in [0.05, 0.1) is 11.8 Å². The number of urea groups is 1. The Labute approximate surface area is 147 Å². The number of amides is 2. The highest BCUT2D eigenvalue weighted by atomic mass is 16.2. The second kappa shape index (κ2) is 6.55. The number of hydrogen-bond acceptors (Lipinski definition) is 2. The lowest BCUT2D eigenvalue weighted by molar-refractivity contribution is 0.184. The normalized spacial score (nSPS) is 24.1. The van der Waals surface area contributed by atoms with Crippen LogP contribution >= 0.6 is 0 Å². The summed E-state index contributed by atoms with van der Waals surface area (Å²) in [5.74, 6) is 0.207. The molecule has 126 valence electrons. The Morgan fingerprint density at radius 1 is 1.08 bits per heavy atom. The molecule has 0 aromatic heterocycles. The van der Waals surface area contributed by atoms with Crippen LogP contribution in [-0.4, -0.2) is 16.8 Å². The van der Waals surface area contributed by atoms with Crippen LogP contribution in [0.15, 0.2) is 71.3 Å². The molecule has 2 aromatic carbocycles. The highest BCUT2D eigenvalue weighted by molar-refractivity contribution is 6.08. The number of fused-ring (bicyclic) bond motifs is 1. The third-order valence-corrected chi connectivity index (χ3v) is 5.01. The van der Waals surface area contributed by atoms with Gasteiger partial charge in [-0.1, -0.05) is 60.7 Å². The third-order valence-electron chi connectivity index (χ3n) is 5.01. The van der Waals surface area contributed by atoms with Gasteiger partial charge in [0.15, 0.2) is 0 Å². The van der Waals surface area contributed by atoms with Crippen LogP contribution in [0, 0.1) is 5.92 Å². The number of primary amides is 1. The van der Waals surface area contributed by atoms with Crippen molar-refractivity contribution in [3.63, 3.8) is 0 Å². The second-order valence-electron chi connectivity index (χ2n) is 6.60. The molecule has 1 aliphatic heterocycles. The fraction of sp³-hybridized carbons (Fsp3) is 0.238. The highest BCUT2D eigenvalue weighted by Gasteiger charge is 2.43. The maximum absolute atomic E-state index is 12.0. The molecule has 2 aliphatic rings.